The van der Waals surface area contributed by atoms with E-state index in [0.29, 0.717) is 5.02 Å². The van der Waals surface area contributed by atoms with Gasteiger partial charge >= 0.3 is 0 Å². The Labute approximate surface area is 214 Å². The summed E-state index contributed by atoms with van der Waals surface area (Å²) >= 11 is 8.16. The number of rotatable bonds is 10. The van der Waals surface area contributed by atoms with Gasteiger partial charge in [-0.3, -0.25) is 14.2 Å². The first-order valence-electron chi connectivity index (χ1n) is 10.9. The predicted octanol–water partition coefficient (Wildman–Crippen LogP) is 6.50. The van der Waals surface area contributed by atoms with E-state index in [0.717, 1.165) is 37.4 Å². The van der Waals surface area contributed by atoms with Gasteiger partial charge in [0.05, 0.1) is 16.4 Å². The number of aromatic nitrogens is 1. The number of benzene rings is 2. The van der Waals surface area contributed by atoms with Gasteiger partial charge in [0.1, 0.15) is 0 Å². The van der Waals surface area contributed by atoms with Crippen molar-refractivity contribution in [2.24, 2.45) is 0 Å². The van der Waals surface area contributed by atoms with E-state index in [4.69, 9.17) is 11.6 Å². The Hall–Kier alpha value is -1.96. The summed E-state index contributed by atoms with van der Waals surface area (Å²) in [4.78, 5) is 6.82. The van der Waals surface area contributed by atoms with E-state index >= 15 is 0 Å². The summed E-state index contributed by atoms with van der Waals surface area (Å²) in [5.74, 6) is 0. The van der Waals surface area contributed by atoms with E-state index in [-0.39, 0.29) is 13.5 Å². The van der Waals surface area contributed by atoms with Crippen LogP contribution in [0.1, 0.15) is 23.6 Å². The highest BCUT2D eigenvalue weighted by molar-refractivity contribution is 7.95. The molecule has 0 radical (unpaired) electrons. The van der Waals surface area contributed by atoms with Gasteiger partial charge in [-0.15, -0.1) is 0 Å². The first-order chi connectivity index (χ1) is 15.5. The molecular formula is C26H31ClN4S2. The minimum Gasteiger partial charge on any atom is -0.296 e. The molecule has 2 aromatic carbocycles. The standard InChI is InChI=1S/C26H29ClN4S.H2S/c1-4-30(32-31-19-24(31)18-29(3)16-21-9-6-5-7-10-21)17-23-15-22(13-12-20(23)2)26-25(27)11-8-14-28-26;/h5-15,19H,4,16-18H2,1-3H3;1H2. The van der Waals surface area contributed by atoms with Crippen molar-refractivity contribution < 1.29 is 0 Å². The first-order valence-corrected chi connectivity index (χ1v) is 12.0. The summed E-state index contributed by atoms with van der Waals surface area (Å²) in [6, 6.07) is 20.8. The van der Waals surface area contributed by atoms with E-state index in [2.05, 4.69) is 94.1 Å². The molecule has 0 saturated carbocycles. The lowest BCUT2D eigenvalue weighted by atomic mass is 10.0. The molecule has 0 atom stereocenters. The van der Waals surface area contributed by atoms with Crippen LogP contribution in [0, 0.1) is 6.92 Å². The number of hydrogen-bond acceptors (Lipinski definition) is 5. The highest BCUT2D eigenvalue weighted by Gasteiger charge is 2.25. The van der Waals surface area contributed by atoms with Gasteiger partial charge in [-0.25, -0.2) is 4.31 Å². The van der Waals surface area contributed by atoms with Gasteiger partial charge in [0.15, 0.2) is 0 Å². The topological polar surface area (TPSA) is 22.4 Å². The van der Waals surface area contributed by atoms with Gasteiger partial charge in [-0.1, -0.05) is 61.0 Å². The minimum atomic E-state index is 0. The van der Waals surface area contributed by atoms with Crippen LogP contribution in [0.5, 0.6) is 0 Å². The van der Waals surface area contributed by atoms with Gasteiger partial charge in [0, 0.05) is 56.3 Å². The Balaban J connectivity index is 0.00000306. The molecule has 7 heteroatoms. The fraction of sp³-hybridized carbons (Fsp3) is 0.269. The molecule has 0 saturated heterocycles. The van der Waals surface area contributed by atoms with Crippen molar-refractivity contribution in [2.75, 3.05) is 20.1 Å². The van der Waals surface area contributed by atoms with Crippen molar-refractivity contribution in [1.82, 2.24) is 18.5 Å². The van der Waals surface area contributed by atoms with E-state index in [1.165, 1.54) is 22.4 Å². The molecule has 4 rings (SSSR count). The third-order valence-electron chi connectivity index (χ3n) is 5.49. The van der Waals surface area contributed by atoms with Crippen molar-refractivity contribution in [3.05, 3.63) is 100 Å². The number of pyridine rings is 1. The van der Waals surface area contributed by atoms with E-state index in [9.17, 15) is 0 Å². The van der Waals surface area contributed by atoms with Crippen LogP contribution in [0.4, 0.5) is 0 Å². The molecule has 0 bridgehead atoms. The second-order valence-electron chi connectivity index (χ2n) is 8.12. The monoisotopic (exact) mass is 498 g/mol. The van der Waals surface area contributed by atoms with Crippen molar-refractivity contribution in [1.29, 1.82) is 0 Å². The zero-order chi connectivity index (χ0) is 22.5. The third-order valence-corrected chi connectivity index (χ3v) is 6.93. The fourth-order valence-corrected chi connectivity index (χ4v) is 4.74. The van der Waals surface area contributed by atoms with Gasteiger partial charge in [-0.05, 0) is 48.9 Å². The van der Waals surface area contributed by atoms with Crippen molar-refractivity contribution in [2.45, 2.75) is 26.9 Å². The second-order valence-corrected chi connectivity index (χ2v) is 9.60. The average Bonchev–Trinajstić information content (AvgIpc) is 3.52. The van der Waals surface area contributed by atoms with Crippen LogP contribution in [0.3, 0.4) is 0 Å². The molecule has 2 heterocycles. The lowest BCUT2D eigenvalue weighted by Gasteiger charge is -2.22. The molecule has 1 aromatic heterocycles. The molecule has 0 fully saturated rings. The lowest BCUT2D eigenvalue weighted by molar-refractivity contribution is 0.352. The maximum atomic E-state index is 6.38. The smallest absolute Gasteiger partial charge is 0.0888 e. The van der Waals surface area contributed by atoms with Crippen LogP contribution in [-0.2, 0) is 13.1 Å². The predicted molar refractivity (Wildman–Crippen MR) is 146 cm³/mol. The first kappa shape index (κ1) is 25.7. The molecule has 174 valence electrons. The highest BCUT2D eigenvalue weighted by Crippen LogP contribution is 2.35. The number of nitrogens with zero attached hydrogens (tertiary/aromatic N) is 4. The third kappa shape index (κ3) is 7.01. The quantitative estimate of drug-likeness (QED) is 0.297. The molecule has 0 N–H and O–H groups in total. The zero-order valence-corrected chi connectivity index (χ0v) is 21.9. The van der Waals surface area contributed by atoms with Crippen LogP contribution in [-0.4, -0.2) is 38.6 Å². The summed E-state index contributed by atoms with van der Waals surface area (Å²) < 4.78 is 4.66. The Morgan fingerprint density at radius 2 is 1.79 bits per heavy atom. The van der Waals surface area contributed by atoms with Crippen molar-refractivity contribution in [3.8, 4) is 11.3 Å². The average molecular weight is 499 g/mol. The summed E-state index contributed by atoms with van der Waals surface area (Å²) in [6.07, 6.45) is 4.02. The second kappa shape index (κ2) is 12.0. The van der Waals surface area contributed by atoms with Crippen LogP contribution in [0.15, 0.2) is 78.8 Å². The maximum Gasteiger partial charge on any atom is 0.0888 e. The summed E-state index contributed by atoms with van der Waals surface area (Å²) in [5, 5.41) is 0.682. The Kier molecular flexibility index (Phi) is 9.29. The molecule has 1 aliphatic rings. The molecule has 0 spiro atoms. The van der Waals surface area contributed by atoms with Crippen LogP contribution < -0.4 is 0 Å². The molecule has 1 aliphatic heterocycles. The van der Waals surface area contributed by atoms with Gasteiger partial charge in [-0.2, -0.15) is 13.5 Å². The number of hydrogen-bond donors (Lipinski definition) is 0. The Morgan fingerprint density at radius 1 is 1.00 bits per heavy atom. The van der Waals surface area contributed by atoms with E-state index in [1.807, 2.05) is 12.1 Å². The van der Waals surface area contributed by atoms with Crippen LogP contribution in [0.25, 0.3) is 11.3 Å². The largest absolute Gasteiger partial charge is 0.296 e. The summed E-state index contributed by atoms with van der Waals surface area (Å²) in [5.41, 5.74) is 7.17. The zero-order valence-electron chi connectivity index (χ0n) is 19.3. The Bertz CT molecular complexity index is 1090. The van der Waals surface area contributed by atoms with Gasteiger partial charge in [0.2, 0.25) is 0 Å². The summed E-state index contributed by atoms with van der Waals surface area (Å²) in [7, 11) is 2.17. The van der Waals surface area contributed by atoms with Crippen molar-refractivity contribution in [3.63, 3.8) is 0 Å². The van der Waals surface area contributed by atoms with Crippen LogP contribution in [0.2, 0.25) is 5.02 Å². The molecule has 3 aromatic rings. The normalized spacial score (nSPS) is 12.7. The van der Waals surface area contributed by atoms with Gasteiger partial charge < -0.3 is 0 Å². The molecule has 4 nitrogen and oxygen atoms in total. The van der Waals surface area contributed by atoms with Gasteiger partial charge in [0.25, 0.3) is 0 Å². The number of likely N-dealkylation sites (N-methyl/N-ethyl adjacent to an activating group) is 1. The molecule has 0 unspecified atom stereocenters. The minimum absolute atomic E-state index is 0. The molecule has 33 heavy (non-hydrogen) atoms. The number of halogens is 1. The van der Waals surface area contributed by atoms with E-state index in [1.54, 1.807) is 18.3 Å². The van der Waals surface area contributed by atoms with Crippen LogP contribution >= 0.6 is 37.2 Å². The van der Waals surface area contributed by atoms with E-state index < -0.39 is 0 Å². The molecule has 0 aliphatic carbocycles. The molecule has 0 amide bonds. The highest BCUT2D eigenvalue weighted by atomic mass is 35.5. The Morgan fingerprint density at radius 3 is 2.52 bits per heavy atom. The number of aryl methyl sites for hydroxylation is 1. The fourth-order valence-electron chi connectivity index (χ4n) is 3.62. The summed E-state index contributed by atoms with van der Waals surface area (Å²) in [6.45, 7) is 8.09. The maximum absolute atomic E-state index is 6.38. The van der Waals surface area contributed by atoms with Crippen molar-refractivity contribution >= 4 is 37.2 Å². The SMILES string of the molecule is CCN(Cc1cc(-c2ncccc2Cl)ccc1C)SN1C=C1CN(C)Cc1ccccc1.S. The molecular weight excluding hydrogens is 468 g/mol. The lowest BCUT2D eigenvalue weighted by Crippen LogP contribution is -2.22.